The zero-order valence-electron chi connectivity index (χ0n) is 17.9. The van der Waals surface area contributed by atoms with Gasteiger partial charge in [0.05, 0.1) is 11.4 Å². The summed E-state index contributed by atoms with van der Waals surface area (Å²) in [6, 6.07) is 6.98. The minimum Gasteiger partial charge on any atom is -0.203 e. The largest absolute Gasteiger partial charge is 0.203 e. The van der Waals surface area contributed by atoms with Gasteiger partial charge >= 0.3 is 0 Å². The van der Waals surface area contributed by atoms with Gasteiger partial charge in [-0.3, -0.25) is 0 Å². The van der Waals surface area contributed by atoms with Gasteiger partial charge in [0.1, 0.15) is 0 Å². The Kier molecular flexibility index (Phi) is 8.14. The highest BCUT2D eigenvalue weighted by atomic mass is 19.2. The third kappa shape index (κ3) is 5.83. The Balaban J connectivity index is 1.57. The van der Waals surface area contributed by atoms with E-state index in [2.05, 4.69) is 17.1 Å². The van der Waals surface area contributed by atoms with Gasteiger partial charge in [-0.05, 0) is 61.3 Å². The van der Waals surface area contributed by atoms with Crippen molar-refractivity contribution in [2.24, 2.45) is 11.8 Å². The summed E-state index contributed by atoms with van der Waals surface area (Å²) in [5.74, 6) is 0.149. The molecule has 2 aromatic rings. The molecule has 0 unspecified atom stereocenters. The molecular formula is C25H34F2N2. The molecule has 0 atom stereocenters. The van der Waals surface area contributed by atoms with Gasteiger partial charge in [0.2, 0.25) is 0 Å². The lowest BCUT2D eigenvalue weighted by molar-refractivity contribution is 0.252. The molecule has 158 valence electrons. The third-order valence-corrected chi connectivity index (χ3v) is 6.43. The molecule has 29 heavy (non-hydrogen) atoms. The second-order valence-corrected chi connectivity index (χ2v) is 8.63. The van der Waals surface area contributed by atoms with Crippen LogP contribution in [0.15, 0.2) is 24.3 Å². The van der Waals surface area contributed by atoms with Gasteiger partial charge in [-0.2, -0.15) is 10.2 Å². The van der Waals surface area contributed by atoms with Crippen molar-refractivity contribution in [2.45, 2.75) is 84.5 Å². The summed E-state index contributed by atoms with van der Waals surface area (Å²) in [6.45, 7) is 4.31. The molecule has 1 aromatic carbocycles. The first-order valence-electron chi connectivity index (χ1n) is 11.4. The van der Waals surface area contributed by atoms with E-state index in [0.29, 0.717) is 17.7 Å². The van der Waals surface area contributed by atoms with Crippen LogP contribution in [0.5, 0.6) is 0 Å². The SMILES string of the molecule is CCCCc1ccc(-c2ccc(CCC3CCC(CCC)CC3)nn2)c(F)c1F. The van der Waals surface area contributed by atoms with Crippen LogP contribution in [0.4, 0.5) is 8.78 Å². The van der Waals surface area contributed by atoms with Crippen LogP contribution in [-0.4, -0.2) is 10.2 Å². The standard InChI is InChI=1S/C25H34F2N2/c1-3-5-7-20-13-16-22(25(27)24(20)26)23-17-15-21(28-29-23)14-12-19-10-8-18(6-4-2)9-11-19/h13,15-19H,3-12,14H2,1-2H3. The van der Waals surface area contributed by atoms with E-state index in [-0.39, 0.29) is 5.56 Å². The van der Waals surface area contributed by atoms with E-state index in [1.165, 1.54) is 38.5 Å². The van der Waals surface area contributed by atoms with Crippen molar-refractivity contribution in [1.82, 2.24) is 10.2 Å². The number of aryl methyl sites for hydroxylation is 2. The van der Waals surface area contributed by atoms with Crippen molar-refractivity contribution in [2.75, 3.05) is 0 Å². The molecule has 0 radical (unpaired) electrons. The Hall–Kier alpha value is -1.84. The molecule has 1 aliphatic carbocycles. The Bertz CT molecular complexity index is 765. The molecule has 0 spiro atoms. The Morgan fingerprint density at radius 3 is 2.14 bits per heavy atom. The van der Waals surface area contributed by atoms with E-state index in [1.807, 2.05) is 13.0 Å². The number of benzene rings is 1. The van der Waals surface area contributed by atoms with E-state index < -0.39 is 11.6 Å². The first kappa shape index (κ1) is 21.9. The van der Waals surface area contributed by atoms with Crippen LogP contribution in [0, 0.1) is 23.5 Å². The molecule has 1 aliphatic rings. The van der Waals surface area contributed by atoms with Gasteiger partial charge in [-0.25, -0.2) is 8.78 Å². The lowest BCUT2D eigenvalue weighted by atomic mass is 9.78. The fraction of sp³-hybridized carbons (Fsp3) is 0.600. The van der Waals surface area contributed by atoms with E-state index in [9.17, 15) is 8.78 Å². The van der Waals surface area contributed by atoms with Crippen LogP contribution < -0.4 is 0 Å². The summed E-state index contributed by atoms with van der Waals surface area (Å²) in [7, 11) is 0. The monoisotopic (exact) mass is 400 g/mol. The lowest BCUT2D eigenvalue weighted by Crippen LogP contribution is -2.15. The van der Waals surface area contributed by atoms with Crippen molar-refractivity contribution in [3.05, 3.63) is 47.2 Å². The summed E-state index contributed by atoms with van der Waals surface area (Å²) in [5, 5.41) is 8.47. The second kappa shape index (κ2) is 10.8. The molecule has 1 saturated carbocycles. The highest BCUT2D eigenvalue weighted by molar-refractivity contribution is 5.60. The molecular weight excluding hydrogens is 366 g/mol. The molecule has 0 aliphatic heterocycles. The second-order valence-electron chi connectivity index (χ2n) is 8.63. The molecule has 4 heteroatoms. The molecule has 2 nitrogen and oxygen atoms in total. The smallest absolute Gasteiger partial charge is 0.168 e. The van der Waals surface area contributed by atoms with Crippen LogP contribution in [0.3, 0.4) is 0 Å². The van der Waals surface area contributed by atoms with Crippen LogP contribution >= 0.6 is 0 Å². The lowest BCUT2D eigenvalue weighted by Gasteiger charge is -2.28. The maximum Gasteiger partial charge on any atom is 0.168 e. The molecule has 0 amide bonds. The summed E-state index contributed by atoms with van der Waals surface area (Å²) in [6.07, 6.45) is 12.5. The predicted octanol–water partition coefficient (Wildman–Crippen LogP) is 7.30. The van der Waals surface area contributed by atoms with Gasteiger partial charge < -0.3 is 0 Å². The van der Waals surface area contributed by atoms with Crippen molar-refractivity contribution in [1.29, 1.82) is 0 Å². The van der Waals surface area contributed by atoms with Gasteiger partial charge in [0.15, 0.2) is 11.6 Å². The molecule has 1 fully saturated rings. The molecule has 1 heterocycles. The summed E-state index contributed by atoms with van der Waals surface area (Å²) >= 11 is 0. The number of rotatable bonds is 9. The summed E-state index contributed by atoms with van der Waals surface area (Å²) in [5.41, 5.74) is 1.96. The number of halogens is 2. The van der Waals surface area contributed by atoms with Gasteiger partial charge in [-0.15, -0.1) is 0 Å². The number of nitrogens with zero attached hydrogens (tertiary/aromatic N) is 2. The minimum atomic E-state index is -0.815. The first-order chi connectivity index (χ1) is 14.1. The van der Waals surface area contributed by atoms with E-state index in [0.717, 1.165) is 43.2 Å². The average Bonchev–Trinajstić information content (AvgIpc) is 2.75. The van der Waals surface area contributed by atoms with Gasteiger partial charge in [-0.1, -0.05) is 64.9 Å². The molecule has 0 bridgehead atoms. The molecule has 0 N–H and O–H groups in total. The quantitative estimate of drug-likeness (QED) is 0.441. The van der Waals surface area contributed by atoms with Crippen LogP contribution in [-0.2, 0) is 12.8 Å². The first-order valence-corrected chi connectivity index (χ1v) is 11.4. The number of aromatic nitrogens is 2. The minimum absolute atomic E-state index is 0.191. The summed E-state index contributed by atoms with van der Waals surface area (Å²) in [4.78, 5) is 0. The average molecular weight is 401 g/mol. The van der Waals surface area contributed by atoms with E-state index in [1.54, 1.807) is 18.2 Å². The third-order valence-electron chi connectivity index (χ3n) is 6.43. The highest BCUT2D eigenvalue weighted by Gasteiger charge is 2.21. The Morgan fingerprint density at radius 1 is 0.793 bits per heavy atom. The Labute approximate surface area is 174 Å². The fourth-order valence-corrected chi connectivity index (χ4v) is 4.55. The number of unbranched alkanes of at least 4 members (excludes halogenated alkanes) is 1. The molecule has 3 rings (SSSR count). The predicted molar refractivity (Wildman–Crippen MR) is 115 cm³/mol. The van der Waals surface area contributed by atoms with Crippen LogP contribution in [0.1, 0.15) is 82.9 Å². The summed E-state index contributed by atoms with van der Waals surface area (Å²) < 4.78 is 28.8. The van der Waals surface area contributed by atoms with E-state index >= 15 is 0 Å². The highest BCUT2D eigenvalue weighted by Crippen LogP contribution is 2.33. The van der Waals surface area contributed by atoms with Crippen molar-refractivity contribution >= 4 is 0 Å². The number of hydrogen-bond acceptors (Lipinski definition) is 2. The van der Waals surface area contributed by atoms with Gasteiger partial charge in [0.25, 0.3) is 0 Å². The van der Waals surface area contributed by atoms with E-state index in [4.69, 9.17) is 0 Å². The normalized spacial score (nSPS) is 19.4. The Morgan fingerprint density at radius 2 is 1.52 bits per heavy atom. The van der Waals surface area contributed by atoms with Gasteiger partial charge in [0, 0.05) is 5.56 Å². The molecule has 1 aromatic heterocycles. The van der Waals surface area contributed by atoms with Crippen molar-refractivity contribution in [3.8, 4) is 11.3 Å². The molecule has 0 saturated heterocycles. The van der Waals surface area contributed by atoms with Crippen molar-refractivity contribution in [3.63, 3.8) is 0 Å². The fourth-order valence-electron chi connectivity index (χ4n) is 4.55. The maximum atomic E-state index is 14.5. The van der Waals surface area contributed by atoms with Crippen LogP contribution in [0.25, 0.3) is 11.3 Å². The zero-order chi connectivity index (χ0) is 20.6. The maximum absolute atomic E-state index is 14.5. The zero-order valence-corrected chi connectivity index (χ0v) is 17.9. The number of hydrogen-bond donors (Lipinski definition) is 0. The van der Waals surface area contributed by atoms with Crippen molar-refractivity contribution < 1.29 is 8.78 Å². The topological polar surface area (TPSA) is 25.8 Å². The van der Waals surface area contributed by atoms with Crippen LogP contribution in [0.2, 0.25) is 0 Å².